The van der Waals surface area contributed by atoms with Crippen molar-refractivity contribution in [2.45, 2.75) is 29.6 Å². The van der Waals surface area contributed by atoms with Crippen LogP contribution >= 0.6 is 0 Å². The summed E-state index contributed by atoms with van der Waals surface area (Å²) < 4.78 is 61.3. The number of carbonyl (C=O) groups is 1. The van der Waals surface area contributed by atoms with Gasteiger partial charge in [-0.05, 0) is 67.3 Å². The molecule has 11 nitrogen and oxygen atoms in total. The number of rotatable bonds is 8. The number of hydrogen-bond acceptors (Lipinski definition) is 8. The van der Waals surface area contributed by atoms with Gasteiger partial charge in [-0.3, -0.25) is 9.52 Å². The zero-order valence-electron chi connectivity index (χ0n) is 20.3. The maximum atomic E-state index is 13.1. The molecule has 0 saturated carbocycles. The van der Waals surface area contributed by atoms with Gasteiger partial charge < -0.3 is 9.64 Å². The van der Waals surface area contributed by atoms with Crippen molar-refractivity contribution in [2.24, 2.45) is 5.92 Å². The lowest BCUT2D eigenvalue weighted by Crippen LogP contribution is -2.38. The molecule has 0 bridgehead atoms. The van der Waals surface area contributed by atoms with Crippen LogP contribution in [0.4, 0.5) is 11.6 Å². The number of methoxy groups -OCH3 is 1. The van der Waals surface area contributed by atoms with Crippen molar-refractivity contribution in [3.8, 4) is 5.75 Å². The van der Waals surface area contributed by atoms with Crippen LogP contribution < -0.4 is 14.2 Å². The van der Waals surface area contributed by atoms with E-state index in [9.17, 15) is 21.6 Å². The lowest BCUT2D eigenvalue weighted by molar-refractivity contribution is 0.0693. The summed E-state index contributed by atoms with van der Waals surface area (Å²) in [5.41, 5.74) is 0.305. The average molecular weight is 546 g/mol. The van der Waals surface area contributed by atoms with E-state index in [1.165, 1.54) is 62.0 Å². The first kappa shape index (κ1) is 26.4. The van der Waals surface area contributed by atoms with Crippen LogP contribution in [0, 0.1) is 5.92 Å². The minimum absolute atomic E-state index is 0.0869. The SMILES string of the molecule is COc1ccc(S(=O)(=O)Nc2ccc(S(=O)(=O)Nc3ncccn3)cc2)cc1C(=O)N1CCC(C)CC1. The fourth-order valence-corrected chi connectivity index (χ4v) is 5.89. The van der Waals surface area contributed by atoms with Crippen molar-refractivity contribution in [2.75, 3.05) is 29.6 Å². The van der Waals surface area contributed by atoms with Gasteiger partial charge in [0.1, 0.15) is 5.75 Å². The fourth-order valence-electron chi connectivity index (χ4n) is 3.85. The first-order valence-corrected chi connectivity index (χ1v) is 14.5. The Kier molecular flexibility index (Phi) is 7.64. The van der Waals surface area contributed by atoms with Crippen LogP contribution in [-0.2, 0) is 20.0 Å². The van der Waals surface area contributed by atoms with Crippen LogP contribution in [0.5, 0.6) is 5.75 Å². The second-order valence-corrected chi connectivity index (χ2v) is 12.0. The Bertz CT molecular complexity index is 1470. The molecule has 1 fully saturated rings. The molecule has 2 heterocycles. The summed E-state index contributed by atoms with van der Waals surface area (Å²) in [6, 6.07) is 10.8. The van der Waals surface area contributed by atoms with E-state index >= 15 is 0 Å². The molecule has 0 spiro atoms. The lowest BCUT2D eigenvalue weighted by Gasteiger charge is -2.30. The van der Waals surface area contributed by atoms with Crippen LogP contribution in [0.3, 0.4) is 0 Å². The van der Waals surface area contributed by atoms with Crippen molar-refractivity contribution >= 4 is 37.6 Å². The Labute approximate surface area is 216 Å². The predicted octanol–water partition coefficient (Wildman–Crippen LogP) is 2.96. The molecule has 2 N–H and O–H groups in total. The van der Waals surface area contributed by atoms with E-state index in [4.69, 9.17) is 4.74 Å². The van der Waals surface area contributed by atoms with Gasteiger partial charge in [-0.1, -0.05) is 6.92 Å². The molecular formula is C24H27N5O6S2. The lowest BCUT2D eigenvalue weighted by atomic mass is 9.98. The summed E-state index contributed by atoms with van der Waals surface area (Å²) in [5.74, 6) is 0.444. The highest BCUT2D eigenvalue weighted by Gasteiger charge is 2.26. The fraction of sp³-hybridized carbons (Fsp3) is 0.292. The minimum Gasteiger partial charge on any atom is -0.496 e. The predicted molar refractivity (Wildman–Crippen MR) is 137 cm³/mol. The second-order valence-electron chi connectivity index (χ2n) is 8.64. The number of likely N-dealkylation sites (tertiary alicyclic amines) is 1. The first-order chi connectivity index (χ1) is 17.6. The van der Waals surface area contributed by atoms with Crippen molar-refractivity contribution in [3.63, 3.8) is 0 Å². The summed E-state index contributed by atoms with van der Waals surface area (Å²) >= 11 is 0. The Balaban J connectivity index is 1.53. The van der Waals surface area contributed by atoms with E-state index < -0.39 is 20.0 Å². The number of nitrogens with one attached hydrogen (secondary N) is 2. The second kappa shape index (κ2) is 10.7. The van der Waals surface area contributed by atoms with E-state index in [0.29, 0.717) is 19.0 Å². The average Bonchev–Trinajstić information content (AvgIpc) is 2.89. The van der Waals surface area contributed by atoms with Gasteiger partial charge >= 0.3 is 0 Å². The molecule has 0 unspecified atom stereocenters. The van der Waals surface area contributed by atoms with Gasteiger partial charge in [-0.15, -0.1) is 0 Å². The zero-order valence-corrected chi connectivity index (χ0v) is 21.9. The number of aromatic nitrogens is 2. The largest absolute Gasteiger partial charge is 0.496 e. The normalized spacial score (nSPS) is 14.7. The quantitative estimate of drug-likeness (QED) is 0.439. The number of carbonyl (C=O) groups excluding carboxylic acids is 1. The van der Waals surface area contributed by atoms with E-state index in [-0.39, 0.29) is 38.6 Å². The Morgan fingerprint density at radius 3 is 2.14 bits per heavy atom. The highest BCUT2D eigenvalue weighted by atomic mass is 32.2. The monoisotopic (exact) mass is 545 g/mol. The number of ether oxygens (including phenoxy) is 1. The van der Waals surface area contributed by atoms with Gasteiger partial charge in [0.15, 0.2) is 0 Å². The molecule has 2 aromatic carbocycles. The molecule has 1 amide bonds. The molecule has 1 aliphatic heterocycles. The van der Waals surface area contributed by atoms with Crippen LogP contribution in [0.25, 0.3) is 0 Å². The third kappa shape index (κ3) is 6.17. The Morgan fingerprint density at radius 1 is 0.919 bits per heavy atom. The van der Waals surface area contributed by atoms with E-state index in [1.54, 1.807) is 11.0 Å². The van der Waals surface area contributed by atoms with Crippen LogP contribution in [0.2, 0.25) is 0 Å². The van der Waals surface area contributed by atoms with Crippen molar-refractivity contribution in [3.05, 3.63) is 66.5 Å². The number of amides is 1. The number of piperidine rings is 1. The smallest absolute Gasteiger partial charge is 0.264 e. The number of nitrogens with zero attached hydrogens (tertiary/aromatic N) is 3. The first-order valence-electron chi connectivity index (χ1n) is 11.5. The standard InChI is InChI=1S/C24H27N5O6S2/c1-17-10-14-29(15-11-17)23(30)21-16-20(8-9-22(21)35-2)37(33,34)27-18-4-6-19(7-5-18)36(31,32)28-24-25-12-3-13-26-24/h3-9,12-13,16-17,27H,10-11,14-15H2,1-2H3,(H,25,26,28). The van der Waals surface area contributed by atoms with E-state index in [2.05, 4.69) is 26.3 Å². The van der Waals surface area contributed by atoms with Crippen molar-refractivity contribution < 1.29 is 26.4 Å². The van der Waals surface area contributed by atoms with Crippen molar-refractivity contribution in [1.29, 1.82) is 0 Å². The molecule has 0 aliphatic carbocycles. The molecule has 13 heteroatoms. The van der Waals surface area contributed by atoms with Gasteiger partial charge in [0, 0.05) is 31.2 Å². The number of hydrogen-bond donors (Lipinski definition) is 2. The van der Waals surface area contributed by atoms with Gasteiger partial charge in [-0.25, -0.2) is 31.5 Å². The summed E-state index contributed by atoms with van der Waals surface area (Å²) in [6.07, 6.45) is 4.56. The maximum absolute atomic E-state index is 13.1. The third-order valence-electron chi connectivity index (χ3n) is 5.99. The molecule has 0 atom stereocenters. The number of benzene rings is 2. The van der Waals surface area contributed by atoms with Crippen LogP contribution in [0.1, 0.15) is 30.1 Å². The highest BCUT2D eigenvalue weighted by Crippen LogP contribution is 2.27. The molecule has 4 rings (SSSR count). The maximum Gasteiger partial charge on any atom is 0.264 e. The number of sulfonamides is 2. The molecule has 1 aliphatic rings. The topological polar surface area (TPSA) is 148 Å². The molecule has 1 saturated heterocycles. The van der Waals surface area contributed by atoms with Gasteiger partial charge in [-0.2, -0.15) is 0 Å². The summed E-state index contributed by atoms with van der Waals surface area (Å²) in [6.45, 7) is 3.33. The van der Waals surface area contributed by atoms with Crippen molar-refractivity contribution in [1.82, 2.24) is 14.9 Å². The molecule has 0 radical (unpaired) electrons. The molecule has 1 aromatic heterocycles. The number of anilines is 2. The van der Waals surface area contributed by atoms with Gasteiger partial charge in [0.2, 0.25) is 5.95 Å². The van der Waals surface area contributed by atoms with Crippen LogP contribution in [-0.4, -0.2) is 57.8 Å². The summed E-state index contributed by atoms with van der Waals surface area (Å²) in [5, 5.41) is 0. The molecule has 196 valence electrons. The molecular weight excluding hydrogens is 518 g/mol. The molecule has 37 heavy (non-hydrogen) atoms. The van der Waals surface area contributed by atoms with Crippen LogP contribution in [0.15, 0.2) is 70.7 Å². The minimum atomic E-state index is -4.09. The Hall–Kier alpha value is -3.71. The van der Waals surface area contributed by atoms with E-state index in [1.807, 2.05) is 0 Å². The highest BCUT2D eigenvalue weighted by molar-refractivity contribution is 7.93. The molecule has 3 aromatic rings. The summed E-state index contributed by atoms with van der Waals surface area (Å²) in [7, 11) is -6.64. The third-order valence-corrected chi connectivity index (χ3v) is 8.71. The van der Waals surface area contributed by atoms with Gasteiger partial charge in [0.05, 0.1) is 22.5 Å². The van der Waals surface area contributed by atoms with Gasteiger partial charge in [0.25, 0.3) is 26.0 Å². The van der Waals surface area contributed by atoms with E-state index in [0.717, 1.165) is 12.8 Å². The summed E-state index contributed by atoms with van der Waals surface area (Å²) in [4.78, 5) is 22.3. The Morgan fingerprint density at radius 2 is 1.51 bits per heavy atom. The zero-order chi connectivity index (χ0) is 26.6.